The predicted octanol–water partition coefficient (Wildman–Crippen LogP) is 2.94. The Balaban J connectivity index is 2.88. The normalized spacial score (nSPS) is 10.3. The second-order valence-electron chi connectivity index (χ2n) is 3.57. The predicted molar refractivity (Wildman–Crippen MR) is 66.5 cm³/mol. The third-order valence-corrected chi connectivity index (χ3v) is 2.31. The number of halogens is 1. The Labute approximate surface area is 96.2 Å². The van der Waals surface area contributed by atoms with Crippen LogP contribution in [0.3, 0.4) is 0 Å². The lowest BCUT2D eigenvalue weighted by Crippen LogP contribution is -2.25. The highest BCUT2D eigenvalue weighted by Crippen LogP contribution is 2.19. The molecule has 0 unspecified atom stereocenters. The molecule has 0 bridgehead atoms. The average molecular weight is 228 g/mol. The van der Waals surface area contributed by atoms with Crippen LogP contribution in [0.1, 0.15) is 26.7 Å². The van der Waals surface area contributed by atoms with Crippen molar-refractivity contribution < 1.29 is 0 Å². The third kappa shape index (κ3) is 3.59. The molecule has 0 aliphatic rings. The quantitative estimate of drug-likeness (QED) is 0.787. The summed E-state index contributed by atoms with van der Waals surface area (Å²) in [6, 6.07) is 3.54. The SMILES string of the molecule is CCCN(CCC)c1cc(N)cc(Cl)n1. The molecule has 0 atom stereocenters. The largest absolute Gasteiger partial charge is 0.399 e. The van der Waals surface area contributed by atoms with Gasteiger partial charge in [-0.1, -0.05) is 25.4 Å². The zero-order valence-electron chi connectivity index (χ0n) is 9.33. The summed E-state index contributed by atoms with van der Waals surface area (Å²) in [5.41, 5.74) is 6.41. The Kier molecular flexibility index (Phi) is 4.69. The second-order valence-corrected chi connectivity index (χ2v) is 3.96. The highest BCUT2D eigenvalue weighted by molar-refractivity contribution is 6.29. The van der Waals surface area contributed by atoms with Crippen LogP contribution in [0.2, 0.25) is 5.15 Å². The van der Waals surface area contributed by atoms with Gasteiger partial charge in [0.15, 0.2) is 0 Å². The number of nitrogens with two attached hydrogens (primary N) is 1. The molecule has 1 aromatic rings. The summed E-state index contributed by atoms with van der Waals surface area (Å²) in [4.78, 5) is 6.49. The highest BCUT2D eigenvalue weighted by Gasteiger charge is 2.07. The zero-order valence-corrected chi connectivity index (χ0v) is 10.1. The first-order valence-corrected chi connectivity index (χ1v) is 5.73. The molecule has 84 valence electrons. The molecule has 1 rings (SSSR count). The summed E-state index contributed by atoms with van der Waals surface area (Å²) in [5.74, 6) is 0.878. The monoisotopic (exact) mass is 227 g/mol. The van der Waals surface area contributed by atoms with Crippen molar-refractivity contribution in [1.29, 1.82) is 0 Å². The van der Waals surface area contributed by atoms with E-state index >= 15 is 0 Å². The molecular weight excluding hydrogens is 210 g/mol. The summed E-state index contributed by atoms with van der Waals surface area (Å²) in [6.07, 6.45) is 2.18. The van der Waals surface area contributed by atoms with Gasteiger partial charge in [0, 0.05) is 24.8 Å². The summed E-state index contributed by atoms with van der Waals surface area (Å²) < 4.78 is 0. The van der Waals surface area contributed by atoms with E-state index in [1.54, 1.807) is 6.07 Å². The fourth-order valence-corrected chi connectivity index (χ4v) is 1.76. The first-order chi connectivity index (χ1) is 7.17. The maximum absolute atomic E-state index is 5.88. The van der Waals surface area contributed by atoms with Gasteiger partial charge >= 0.3 is 0 Å². The van der Waals surface area contributed by atoms with Crippen LogP contribution in [-0.2, 0) is 0 Å². The van der Waals surface area contributed by atoms with E-state index in [2.05, 4.69) is 23.7 Å². The van der Waals surface area contributed by atoms with Crippen molar-refractivity contribution in [2.24, 2.45) is 0 Å². The number of pyridine rings is 1. The lowest BCUT2D eigenvalue weighted by atomic mass is 10.3. The molecule has 3 nitrogen and oxygen atoms in total. The summed E-state index contributed by atoms with van der Waals surface area (Å²) >= 11 is 5.88. The van der Waals surface area contributed by atoms with E-state index in [9.17, 15) is 0 Å². The minimum Gasteiger partial charge on any atom is -0.399 e. The van der Waals surface area contributed by atoms with Crippen molar-refractivity contribution >= 4 is 23.1 Å². The van der Waals surface area contributed by atoms with Gasteiger partial charge in [-0.15, -0.1) is 0 Å². The van der Waals surface area contributed by atoms with Crippen LogP contribution in [0.5, 0.6) is 0 Å². The number of rotatable bonds is 5. The second kappa shape index (κ2) is 5.81. The van der Waals surface area contributed by atoms with E-state index in [1.807, 2.05) is 6.07 Å². The molecule has 1 aromatic heterocycles. The minimum atomic E-state index is 0.460. The van der Waals surface area contributed by atoms with Crippen molar-refractivity contribution in [3.8, 4) is 0 Å². The number of anilines is 2. The molecule has 0 fully saturated rings. The molecule has 0 spiro atoms. The van der Waals surface area contributed by atoms with Gasteiger partial charge in [-0.3, -0.25) is 0 Å². The fourth-order valence-electron chi connectivity index (χ4n) is 1.54. The van der Waals surface area contributed by atoms with Gasteiger partial charge in [0.1, 0.15) is 11.0 Å². The van der Waals surface area contributed by atoms with Crippen molar-refractivity contribution in [3.63, 3.8) is 0 Å². The molecule has 0 aromatic carbocycles. The molecule has 0 aliphatic heterocycles. The molecule has 2 N–H and O–H groups in total. The molecule has 1 heterocycles. The van der Waals surface area contributed by atoms with E-state index < -0.39 is 0 Å². The maximum Gasteiger partial charge on any atom is 0.133 e. The van der Waals surface area contributed by atoms with Gasteiger partial charge in [-0.25, -0.2) is 4.98 Å². The molecule has 0 radical (unpaired) electrons. The Morgan fingerprint density at radius 2 is 1.87 bits per heavy atom. The van der Waals surface area contributed by atoms with Crippen molar-refractivity contribution in [3.05, 3.63) is 17.3 Å². The van der Waals surface area contributed by atoms with Gasteiger partial charge in [0.25, 0.3) is 0 Å². The van der Waals surface area contributed by atoms with E-state index in [0.717, 1.165) is 31.7 Å². The lowest BCUT2D eigenvalue weighted by Gasteiger charge is -2.22. The summed E-state index contributed by atoms with van der Waals surface area (Å²) in [7, 11) is 0. The Hall–Kier alpha value is -0.960. The summed E-state index contributed by atoms with van der Waals surface area (Å²) in [5, 5.41) is 0.460. The number of hydrogen-bond donors (Lipinski definition) is 1. The Morgan fingerprint density at radius 3 is 2.33 bits per heavy atom. The van der Waals surface area contributed by atoms with Crippen LogP contribution in [0, 0.1) is 0 Å². The Bertz CT molecular complexity index is 288. The van der Waals surface area contributed by atoms with Crippen LogP contribution >= 0.6 is 11.6 Å². The number of hydrogen-bond acceptors (Lipinski definition) is 3. The van der Waals surface area contributed by atoms with Crippen LogP contribution in [0.4, 0.5) is 11.5 Å². The molecule has 0 saturated heterocycles. The molecule has 0 saturated carbocycles. The first kappa shape index (κ1) is 12.1. The van der Waals surface area contributed by atoms with Gasteiger partial charge in [-0.2, -0.15) is 0 Å². The van der Waals surface area contributed by atoms with Gasteiger partial charge in [0.05, 0.1) is 0 Å². The van der Waals surface area contributed by atoms with E-state index in [0.29, 0.717) is 10.8 Å². The Morgan fingerprint density at radius 1 is 1.27 bits per heavy atom. The van der Waals surface area contributed by atoms with Crippen LogP contribution in [-0.4, -0.2) is 18.1 Å². The highest BCUT2D eigenvalue weighted by atomic mass is 35.5. The topological polar surface area (TPSA) is 42.1 Å². The van der Waals surface area contributed by atoms with E-state index in [-0.39, 0.29) is 0 Å². The van der Waals surface area contributed by atoms with Gasteiger partial charge in [-0.05, 0) is 18.9 Å². The van der Waals surface area contributed by atoms with Crippen molar-refractivity contribution in [2.75, 3.05) is 23.7 Å². The zero-order chi connectivity index (χ0) is 11.3. The first-order valence-electron chi connectivity index (χ1n) is 5.35. The van der Waals surface area contributed by atoms with Crippen molar-refractivity contribution in [1.82, 2.24) is 4.98 Å². The lowest BCUT2D eigenvalue weighted by molar-refractivity contribution is 0.734. The number of nitrogens with zero attached hydrogens (tertiary/aromatic N) is 2. The molecule has 0 aliphatic carbocycles. The average Bonchev–Trinajstić information content (AvgIpc) is 2.16. The summed E-state index contributed by atoms with van der Waals surface area (Å²) in [6.45, 7) is 6.27. The van der Waals surface area contributed by atoms with Crippen LogP contribution in [0.25, 0.3) is 0 Å². The standard InChI is InChI=1S/C11H18ClN3/c1-3-5-15(6-4-2)11-8-9(13)7-10(12)14-11/h7-8H,3-6H2,1-2H3,(H2,13,14). The van der Waals surface area contributed by atoms with Gasteiger partial charge in [0.2, 0.25) is 0 Å². The molecule has 4 heteroatoms. The smallest absolute Gasteiger partial charge is 0.133 e. The van der Waals surface area contributed by atoms with Crippen molar-refractivity contribution in [2.45, 2.75) is 26.7 Å². The number of nitrogen functional groups attached to an aromatic ring is 1. The maximum atomic E-state index is 5.88. The molecular formula is C11H18ClN3. The van der Waals surface area contributed by atoms with Gasteiger partial charge < -0.3 is 10.6 Å². The molecule has 0 amide bonds. The molecule has 15 heavy (non-hydrogen) atoms. The van der Waals surface area contributed by atoms with Crippen LogP contribution < -0.4 is 10.6 Å². The third-order valence-electron chi connectivity index (χ3n) is 2.11. The van der Waals surface area contributed by atoms with Crippen LogP contribution in [0.15, 0.2) is 12.1 Å². The fraction of sp³-hybridized carbons (Fsp3) is 0.545. The number of aromatic nitrogens is 1. The van der Waals surface area contributed by atoms with E-state index in [4.69, 9.17) is 17.3 Å². The minimum absolute atomic E-state index is 0.460. The van der Waals surface area contributed by atoms with E-state index in [1.165, 1.54) is 0 Å².